The Morgan fingerprint density at radius 3 is 2.88 bits per heavy atom. The molecule has 0 fully saturated rings. The molecule has 0 heterocycles. The van der Waals surface area contributed by atoms with E-state index in [1.165, 1.54) is 18.2 Å². The summed E-state index contributed by atoms with van der Waals surface area (Å²) in [5.41, 5.74) is 0.238. The summed E-state index contributed by atoms with van der Waals surface area (Å²) < 4.78 is 4.64. The third-order valence-electron chi connectivity index (χ3n) is 1.94. The number of nitro groups is 1. The Morgan fingerprint density at radius 2 is 2.29 bits per heavy atom. The molecule has 1 N–H and O–H groups in total. The van der Waals surface area contributed by atoms with Gasteiger partial charge in [0.25, 0.3) is 5.69 Å². The van der Waals surface area contributed by atoms with Crippen LogP contribution < -0.4 is 5.32 Å². The maximum atomic E-state index is 11.0. The second-order valence-corrected chi connectivity index (χ2v) is 3.54. The van der Waals surface area contributed by atoms with E-state index in [0.29, 0.717) is 10.6 Å². The van der Waals surface area contributed by atoms with Gasteiger partial charge in [0.2, 0.25) is 0 Å². The molecule has 0 saturated carbocycles. The fraction of sp³-hybridized carbons (Fsp3) is 0.300. The molecule has 0 bridgehead atoms. The van der Waals surface area contributed by atoms with Crippen molar-refractivity contribution in [3.05, 3.63) is 38.9 Å². The van der Waals surface area contributed by atoms with Gasteiger partial charge in [0, 0.05) is 11.1 Å². The standard InChI is InChI=1S/C10H11ClN2O4/c1-2-17-10(14)12-6-7-5-8(11)3-4-9(7)13(15)16/h3-5H,2,6H2,1H3,(H,12,14). The van der Waals surface area contributed by atoms with Crippen LogP contribution in [0.4, 0.5) is 10.5 Å². The molecule has 0 radical (unpaired) electrons. The highest BCUT2D eigenvalue weighted by Gasteiger charge is 2.14. The second kappa shape index (κ2) is 6.05. The number of alkyl carbamates (subject to hydrolysis) is 1. The Labute approximate surface area is 103 Å². The molecule has 0 aromatic heterocycles. The van der Waals surface area contributed by atoms with Gasteiger partial charge in [0.05, 0.1) is 23.6 Å². The third-order valence-corrected chi connectivity index (χ3v) is 2.17. The Morgan fingerprint density at radius 1 is 1.59 bits per heavy atom. The van der Waals surface area contributed by atoms with Gasteiger partial charge in [0.1, 0.15) is 0 Å². The summed E-state index contributed by atoms with van der Waals surface area (Å²) in [5, 5.41) is 13.5. The predicted octanol–water partition coefficient (Wildman–Crippen LogP) is 2.49. The van der Waals surface area contributed by atoms with Gasteiger partial charge in [0.15, 0.2) is 0 Å². The molecular weight excluding hydrogens is 248 g/mol. The van der Waals surface area contributed by atoms with E-state index in [2.05, 4.69) is 10.1 Å². The minimum absolute atomic E-state index is 0.00426. The number of hydrogen-bond acceptors (Lipinski definition) is 4. The van der Waals surface area contributed by atoms with E-state index in [1.807, 2.05) is 0 Å². The number of nitrogens with zero attached hydrogens (tertiary/aromatic N) is 1. The molecule has 0 aliphatic carbocycles. The average Bonchev–Trinajstić information content (AvgIpc) is 2.26. The van der Waals surface area contributed by atoms with Crippen molar-refractivity contribution >= 4 is 23.4 Å². The van der Waals surface area contributed by atoms with Gasteiger partial charge in [-0.1, -0.05) is 11.6 Å². The topological polar surface area (TPSA) is 81.5 Å². The molecule has 1 aromatic carbocycles. The number of nitro benzene ring substituents is 1. The van der Waals surface area contributed by atoms with Crippen LogP contribution in [0.25, 0.3) is 0 Å². The number of ether oxygens (including phenoxy) is 1. The summed E-state index contributed by atoms with van der Waals surface area (Å²) in [6.45, 7) is 1.90. The first-order chi connectivity index (χ1) is 8.04. The van der Waals surface area contributed by atoms with E-state index in [0.717, 1.165) is 0 Å². The van der Waals surface area contributed by atoms with Crippen LogP contribution in [0.2, 0.25) is 5.02 Å². The summed E-state index contributed by atoms with van der Waals surface area (Å²) in [5.74, 6) is 0. The minimum atomic E-state index is -0.623. The zero-order valence-corrected chi connectivity index (χ0v) is 9.86. The molecule has 0 aliphatic heterocycles. The van der Waals surface area contributed by atoms with Gasteiger partial charge in [-0.25, -0.2) is 4.79 Å². The second-order valence-electron chi connectivity index (χ2n) is 3.10. The molecule has 0 saturated heterocycles. The molecule has 1 rings (SSSR count). The van der Waals surface area contributed by atoms with Crippen LogP contribution in [0.1, 0.15) is 12.5 Å². The van der Waals surface area contributed by atoms with Crippen molar-refractivity contribution in [3.63, 3.8) is 0 Å². The summed E-state index contributed by atoms with van der Waals surface area (Å²) in [7, 11) is 0. The maximum absolute atomic E-state index is 11.0. The number of benzene rings is 1. The molecule has 1 amide bonds. The number of rotatable bonds is 4. The number of halogens is 1. The number of hydrogen-bond donors (Lipinski definition) is 1. The van der Waals surface area contributed by atoms with Crippen molar-refractivity contribution in [2.24, 2.45) is 0 Å². The lowest BCUT2D eigenvalue weighted by Gasteiger charge is -2.06. The van der Waals surface area contributed by atoms with E-state index in [4.69, 9.17) is 11.6 Å². The summed E-state index contributed by atoms with van der Waals surface area (Å²) in [6, 6.07) is 4.16. The first-order valence-electron chi connectivity index (χ1n) is 4.88. The van der Waals surface area contributed by atoms with Crippen molar-refractivity contribution in [1.29, 1.82) is 0 Å². The fourth-order valence-electron chi connectivity index (χ4n) is 1.22. The first kappa shape index (κ1) is 13.2. The molecule has 17 heavy (non-hydrogen) atoms. The highest BCUT2D eigenvalue weighted by Crippen LogP contribution is 2.22. The van der Waals surface area contributed by atoms with E-state index in [9.17, 15) is 14.9 Å². The highest BCUT2D eigenvalue weighted by molar-refractivity contribution is 6.30. The lowest BCUT2D eigenvalue weighted by atomic mass is 10.2. The van der Waals surface area contributed by atoms with Crippen molar-refractivity contribution in [2.75, 3.05) is 6.61 Å². The Balaban J connectivity index is 2.78. The van der Waals surface area contributed by atoms with Crippen LogP contribution in [-0.2, 0) is 11.3 Å². The monoisotopic (exact) mass is 258 g/mol. The minimum Gasteiger partial charge on any atom is -0.450 e. The van der Waals surface area contributed by atoms with Gasteiger partial charge >= 0.3 is 6.09 Å². The number of carbonyl (C=O) groups excluding carboxylic acids is 1. The van der Waals surface area contributed by atoms with E-state index >= 15 is 0 Å². The number of amides is 1. The highest BCUT2D eigenvalue weighted by atomic mass is 35.5. The van der Waals surface area contributed by atoms with E-state index in [1.54, 1.807) is 6.92 Å². The van der Waals surface area contributed by atoms with Gasteiger partial charge in [-0.15, -0.1) is 0 Å². The molecule has 6 nitrogen and oxygen atoms in total. The van der Waals surface area contributed by atoms with Crippen molar-refractivity contribution in [2.45, 2.75) is 13.5 Å². The lowest BCUT2D eigenvalue weighted by Crippen LogP contribution is -2.24. The van der Waals surface area contributed by atoms with Crippen LogP contribution in [-0.4, -0.2) is 17.6 Å². The summed E-state index contributed by atoms with van der Waals surface area (Å²) in [4.78, 5) is 21.2. The van der Waals surface area contributed by atoms with Gasteiger partial charge in [-0.05, 0) is 19.1 Å². The molecule has 1 aromatic rings. The van der Waals surface area contributed by atoms with Gasteiger partial charge in [-0.3, -0.25) is 10.1 Å². The average molecular weight is 259 g/mol. The van der Waals surface area contributed by atoms with E-state index in [-0.39, 0.29) is 18.8 Å². The molecule has 7 heteroatoms. The Kier molecular flexibility index (Phi) is 4.71. The molecule has 0 unspecified atom stereocenters. The van der Waals surface area contributed by atoms with Crippen LogP contribution in [0, 0.1) is 10.1 Å². The van der Waals surface area contributed by atoms with Crippen molar-refractivity contribution in [3.8, 4) is 0 Å². The molecule has 92 valence electrons. The van der Waals surface area contributed by atoms with E-state index < -0.39 is 11.0 Å². The molecule has 0 aliphatic rings. The largest absolute Gasteiger partial charge is 0.450 e. The third kappa shape index (κ3) is 3.92. The van der Waals surface area contributed by atoms with Gasteiger partial charge in [-0.2, -0.15) is 0 Å². The quantitative estimate of drug-likeness (QED) is 0.664. The summed E-state index contributed by atoms with van der Waals surface area (Å²) >= 11 is 5.73. The van der Waals surface area contributed by atoms with Crippen LogP contribution >= 0.6 is 11.6 Å². The molecule has 0 atom stereocenters. The maximum Gasteiger partial charge on any atom is 0.407 e. The zero-order valence-electron chi connectivity index (χ0n) is 9.10. The smallest absolute Gasteiger partial charge is 0.407 e. The fourth-order valence-corrected chi connectivity index (χ4v) is 1.42. The number of carbonyl (C=O) groups is 1. The first-order valence-corrected chi connectivity index (χ1v) is 5.25. The number of nitrogens with one attached hydrogen (secondary N) is 1. The van der Waals surface area contributed by atoms with Crippen molar-refractivity contribution < 1.29 is 14.5 Å². The Hall–Kier alpha value is -1.82. The SMILES string of the molecule is CCOC(=O)NCc1cc(Cl)ccc1[N+](=O)[O-]. The normalized spacial score (nSPS) is 9.76. The zero-order chi connectivity index (χ0) is 12.8. The lowest BCUT2D eigenvalue weighted by molar-refractivity contribution is -0.385. The molecular formula is C10H11ClN2O4. The Bertz CT molecular complexity index is 436. The van der Waals surface area contributed by atoms with Crippen LogP contribution in [0.3, 0.4) is 0 Å². The van der Waals surface area contributed by atoms with Crippen LogP contribution in [0.5, 0.6) is 0 Å². The predicted molar refractivity (Wildman–Crippen MR) is 62.0 cm³/mol. The summed E-state index contributed by atoms with van der Waals surface area (Å²) in [6.07, 6.45) is -0.623. The van der Waals surface area contributed by atoms with Crippen LogP contribution in [0.15, 0.2) is 18.2 Å². The molecule has 0 spiro atoms. The van der Waals surface area contributed by atoms with Gasteiger partial charge < -0.3 is 10.1 Å². The van der Waals surface area contributed by atoms with Crippen molar-refractivity contribution in [1.82, 2.24) is 5.32 Å².